The van der Waals surface area contributed by atoms with E-state index in [4.69, 9.17) is 4.74 Å². The SMILES string of the molecule is COC(=O)C1=C(O)CCC2(C1)Cc1ccc(Br)cc1C2=O. The van der Waals surface area contributed by atoms with Crippen LogP contribution in [0.2, 0.25) is 0 Å². The Balaban J connectivity index is 1.99. The number of benzene rings is 1. The predicted octanol–water partition coefficient (Wildman–Crippen LogP) is 3.34. The number of Topliss-reactive ketones (excluding diaryl/α,β-unsaturated/α-hetero) is 1. The predicted molar refractivity (Wildman–Crippen MR) is 80.1 cm³/mol. The molecule has 0 fully saturated rings. The van der Waals surface area contributed by atoms with Gasteiger partial charge in [0.2, 0.25) is 0 Å². The van der Waals surface area contributed by atoms with Gasteiger partial charge in [0.1, 0.15) is 5.76 Å². The molecule has 1 aromatic rings. The molecule has 1 aromatic carbocycles. The molecule has 21 heavy (non-hydrogen) atoms. The molecule has 4 nitrogen and oxygen atoms in total. The third-order valence-corrected chi connectivity index (χ3v) is 4.96. The minimum absolute atomic E-state index is 0.0532. The van der Waals surface area contributed by atoms with Crippen LogP contribution in [0.25, 0.3) is 0 Å². The fraction of sp³-hybridized carbons (Fsp3) is 0.375. The van der Waals surface area contributed by atoms with Gasteiger partial charge in [-0.25, -0.2) is 4.79 Å². The zero-order valence-corrected chi connectivity index (χ0v) is 13.2. The average Bonchev–Trinajstić information content (AvgIpc) is 2.74. The van der Waals surface area contributed by atoms with Crippen LogP contribution in [0, 0.1) is 5.41 Å². The lowest BCUT2D eigenvalue weighted by Crippen LogP contribution is -2.33. The third kappa shape index (κ3) is 2.20. The van der Waals surface area contributed by atoms with Crippen molar-refractivity contribution in [2.24, 2.45) is 5.41 Å². The normalized spacial score (nSPS) is 24.4. The maximum Gasteiger partial charge on any atom is 0.337 e. The van der Waals surface area contributed by atoms with Gasteiger partial charge in [-0.15, -0.1) is 0 Å². The molecule has 0 saturated heterocycles. The van der Waals surface area contributed by atoms with Crippen molar-refractivity contribution in [3.8, 4) is 0 Å². The van der Waals surface area contributed by atoms with Crippen LogP contribution in [0.5, 0.6) is 0 Å². The molecule has 3 rings (SSSR count). The number of carbonyl (C=O) groups excluding carboxylic acids is 2. The van der Waals surface area contributed by atoms with Gasteiger partial charge in [-0.3, -0.25) is 4.79 Å². The summed E-state index contributed by atoms with van der Waals surface area (Å²) in [4.78, 5) is 24.6. The molecular weight excluding hydrogens is 336 g/mol. The van der Waals surface area contributed by atoms with E-state index in [0.29, 0.717) is 19.3 Å². The molecule has 1 spiro atoms. The number of hydrogen-bond acceptors (Lipinski definition) is 4. The molecule has 0 radical (unpaired) electrons. The molecule has 1 N–H and O–H groups in total. The molecular formula is C16H15BrO4. The number of ether oxygens (including phenoxy) is 1. The Morgan fingerprint density at radius 1 is 1.38 bits per heavy atom. The quantitative estimate of drug-likeness (QED) is 0.789. The van der Waals surface area contributed by atoms with E-state index in [2.05, 4.69) is 15.9 Å². The minimum atomic E-state index is -0.612. The lowest BCUT2D eigenvalue weighted by atomic mass is 9.70. The maximum absolute atomic E-state index is 12.8. The lowest BCUT2D eigenvalue weighted by Gasteiger charge is -2.32. The topological polar surface area (TPSA) is 63.6 Å². The van der Waals surface area contributed by atoms with E-state index in [1.54, 1.807) is 0 Å². The standard InChI is InChI=1S/C16H15BrO4/c1-21-15(20)12-8-16(5-4-13(12)18)7-9-2-3-10(17)6-11(9)14(16)19/h2-3,6,18H,4-5,7-8H2,1H3. The van der Waals surface area contributed by atoms with Gasteiger partial charge >= 0.3 is 5.97 Å². The Labute approximate surface area is 130 Å². The lowest BCUT2D eigenvalue weighted by molar-refractivity contribution is -0.136. The van der Waals surface area contributed by atoms with E-state index < -0.39 is 11.4 Å². The molecule has 5 heteroatoms. The first kappa shape index (κ1) is 14.3. The van der Waals surface area contributed by atoms with Gasteiger partial charge < -0.3 is 9.84 Å². The van der Waals surface area contributed by atoms with Crippen LogP contribution >= 0.6 is 15.9 Å². The van der Waals surface area contributed by atoms with E-state index in [1.807, 2.05) is 18.2 Å². The molecule has 0 amide bonds. The molecule has 0 aromatic heterocycles. The first-order valence-electron chi connectivity index (χ1n) is 6.79. The number of hydrogen-bond donors (Lipinski definition) is 1. The molecule has 0 heterocycles. The number of allylic oxidation sites excluding steroid dienone is 1. The van der Waals surface area contributed by atoms with E-state index in [9.17, 15) is 14.7 Å². The van der Waals surface area contributed by atoms with Gasteiger partial charge in [0.25, 0.3) is 0 Å². The Morgan fingerprint density at radius 3 is 2.86 bits per heavy atom. The number of rotatable bonds is 1. The monoisotopic (exact) mass is 350 g/mol. The first-order chi connectivity index (χ1) is 9.97. The van der Waals surface area contributed by atoms with Gasteiger partial charge in [0.15, 0.2) is 5.78 Å². The first-order valence-corrected chi connectivity index (χ1v) is 7.59. The second-order valence-corrected chi connectivity index (χ2v) is 6.60. The van der Waals surface area contributed by atoms with Crippen LogP contribution < -0.4 is 0 Å². The maximum atomic E-state index is 12.8. The summed E-state index contributed by atoms with van der Waals surface area (Å²) in [6.45, 7) is 0. The van der Waals surface area contributed by atoms with Gasteiger partial charge in [0.05, 0.1) is 12.7 Å². The van der Waals surface area contributed by atoms with Crippen molar-refractivity contribution >= 4 is 27.7 Å². The number of halogens is 1. The highest BCUT2D eigenvalue weighted by Gasteiger charge is 2.49. The van der Waals surface area contributed by atoms with Crippen LogP contribution in [0.4, 0.5) is 0 Å². The van der Waals surface area contributed by atoms with Crippen molar-refractivity contribution in [2.45, 2.75) is 25.7 Å². The fourth-order valence-corrected chi connectivity index (χ4v) is 3.70. The highest BCUT2D eigenvalue weighted by atomic mass is 79.9. The highest BCUT2D eigenvalue weighted by molar-refractivity contribution is 9.10. The summed E-state index contributed by atoms with van der Waals surface area (Å²) in [7, 11) is 1.28. The molecule has 0 aliphatic heterocycles. The summed E-state index contributed by atoms with van der Waals surface area (Å²) in [5, 5.41) is 9.92. The number of fused-ring (bicyclic) bond motifs is 1. The van der Waals surface area contributed by atoms with Gasteiger partial charge in [-0.05, 0) is 37.0 Å². The second-order valence-electron chi connectivity index (χ2n) is 5.68. The van der Waals surface area contributed by atoms with Crippen LogP contribution in [-0.2, 0) is 16.0 Å². The van der Waals surface area contributed by atoms with Crippen molar-refractivity contribution in [2.75, 3.05) is 7.11 Å². The van der Waals surface area contributed by atoms with Gasteiger partial charge in [0, 0.05) is 21.9 Å². The number of methoxy groups -OCH3 is 1. The van der Waals surface area contributed by atoms with Crippen LogP contribution in [0.3, 0.4) is 0 Å². The average molecular weight is 351 g/mol. The van der Waals surface area contributed by atoms with Gasteiger partial charge in [-0.1, -0.05) is 22.0 Å². The smallest absolute Gasteiger partial charge is 0.337 e. The van der Waals surface area contributed by atoms with Crippen molar-refractivity contribution in [1.82, 2.24) is 0 Å². The van der Waals surface area contributed by atoms with Crippen LogP contribution in [0.1, 0.15) is 35.2 Å². The molecule has 1 atom stereocenters. The van der Waals surface area contributed by atoms with E-state index in [-0.39, 0.29) is 23.5 Å². The summed E-state index contributed by atoms with van der Waals surface area (Å²) >= 11 is 3.39. The van der Waals surface area contributed by atoms with E-state index in [1.165, 1.54) is 7.11 Å². The minimum Gasteiger partial charge on any atom is -0.512 e. The molecule has 2 aliphatic rings. The molecule has 0 saturated carbocycles. The summed E-state index contributed by atoms with van der Waals surface area (Å²) < 4.78 is 5.59. The zero-order chi connectivity index (χ0) is 15.2. The Morgan fingerprint density at radius 2 is 2.14 bits per heavy atom. The third-order valence-electron chi connectivity index (χ3n) is 4.46. The number of ketones is 1. The second kappa shape index (κ2) is 4.98. The molecule has 1 unspecified atom stereocenters. The Kier molecular flexibility index (Phi) is 3.40. The fourth-order valence-electron chi connectivity index (χ4n) is 3.34. The van der Waals surface area contributed by atoms with E-state index in [0.717, 1.165) is 15.6 Å². The largest absolute Gasteiger partial charge is 0.512 e. The van der Waals surface area contributed by atoms with Crippen LogP contribution in [0.15, 0.2) is 34.0 Å². The number of carbonyl (C=O) groups is 2. The number of aliphatic hydroxyl groups excluding tert-OH is 1. The van der Waals surface area contributed by atoms with Crippen LogP contribution in [-0.4, -0.2) is 24.0 Å². The number of esters is 1. The Hall–Kier alpha value is -1.62. The van der Waals surface area contributed by atoms with Crippen molar-refractivity contribution in [3.63, 3.8) is 0 Å². The highest BCUT2D eigenvalue weighted by Crippen LogP contribution is 2.49. The molecule has 2 aliphatic carbocycles. The van der Waals surface area contributed by atoms with E-state index >= 15 is 0 Å². The summed E-state index contributed by atoms with van der Waals surface area (Å²) in [5.74, 6) is -0.429. The van der Waals surface area contributed by atoms with Crippen molar-refractivity contribution < 1.29 is 19.4 Å². The molecule has 0 bridgehead atoms. The number of aliphatic hydroxyl groups is 1. The van der Waals surface area contributed by atoms with Gasteiger partial charge in [-0.2, -0.15) is 0 Å². The summed E-state index contributed by atoms with van der Waals surface area (Å²) in [6.07, 6.45) is 1.76. The Bertz CT molecular complexity index is 677. The zero-order valence-electron chi connectivity index (χ0n) is 11.6. The molecule has 110 valence electrons. The van der Waals surface area contributed by atoms with Crippen molar-refractivity contribution in [1.29, 1.82) is 0 Å². The van der Waals surface area contributed by atoms with Crippen molar-refractivity contribution in [3.05, 3.63) is 45.1 Å². The summed E-state index contributed by atoms with van der Waals surface area (Å²) in [6, 6.07) is 5.70. The summed E-state index contributed by atoms with van der Waals surface area (Å²) in [5.41, 5.74) is 1.35.